The maximum Gasteiger partial charge on any atom is 0.242 e. The maximum absolute atomic E-state index is 12.0. The summed E-state index contributed by atoms with van der Waals surface area (Å²) in [4.78, 5) is 3.88. The number of nitrogen functional groups attached to an aromatic ring is 1. The standard InChI is InChI=1S/C10H15N3O3S/c1-7-9(4-5-16-7)13-17(14,15)8-2-3-10(11)12-6-8/h2-3,6-7,9,13H,4-5H2,1H3,(H2,11,12). The Balaban J connectivity index is 2.16. The molecule has 2 unspecified atom stereocenters. The number of rotatable bonds is 3. The van der Waals surface area contributed by atoms with Crippen LogP contribution in [0, 0.1) is 0 Å². The van der Waals surface area contributed by atoms with Crippen LogP contribution in [0.5, 0.6) is 0 Å². The molecule has 0 radical (unpaired) electrons. The van der Waals surface area contributed by atoms with Gasteiger partial charge in [-0.3, -0.25) is 0 Å². The van der Waals surface area contributed by atoms with Crippen molar-refractivity contribution in [3.8, 4) is 0 Å². The van der Waals surface area contributed by atoms with Crippen molar-refractivity contribution in [3.63, 3.8) is 0 Å². The third-order valence-electron chi connectivity index (χ3n) is 2.75. The van der Waals surface area contributed by atoms with Crippen molar-refractivity contribution in [3.05, 3.63) is 18.3 Å². The van der Waals surface area contributed by atoms with Gasteiger partial charge in [0, 0.05) is 12.8 Å². The second kappa shape index (κ2) is 4.59. The van der Waals surface area contributed by atoms with E-state index in [2.05, 4.69) is 9.71 Å². The number of pyridine rings is 1. The second-order valence-electron chi connectivity index (χ2n) is 4.01. The van der Waals surface area contributed by atoms with Gasteiger partial charge in [0.05, 0.1) is 12.1 Å². The molecule has 1 aliphatic rings. The summed E-state index contributed by atoms with van der Waals surface area (Å²) in [6.07, 6.45) is 1.83. The van der Waals surface area contributed by atoms with Crippen molar-refractivity contribution in [1.29, 1.82) is 0 Å². The van der Waals surface area contributed by atoms with Gasteiger partial charge in [-0.1, -0.05) is 0 Å². The number of ether oxygens (including phenoxy) is 1. The molecule has 1 fully saturated rings. The molecule has 17 heavy (non-hydrogen) atoms. The number of nitrogens with two attached hydrogens (primary N) is 1. The quantitative estimate of drug-likeness (QED) is 0.802. The molecule has 1 aromatic rings. The summed E-state index contributed by atoms with van der Waals surface area (Å²) in [5, 5.41) is 0. The predicted octanol–water partition coefficient (Wildman–Crippen LogP) is 0.119. The van der Waals surface area contributed by atoms with Crippen LogP contribution in [0.3, 0.4) is 0 Å². The molecule has 1 aliphatic heterocycles. The fourth-order valence-electron chi connectivity index (χ4n) is 1.70. The Morgan fingerprint density at radius 2 is 2.29 bits per heavy atom. The van der Waals surface area contributed by atoms with Gasteiger partial charge < -0.3 is 10.5 Å². The van der Waals surface area contributed by atoms with Crippen LogP contribution in [0.2, 0.25) is 0 Å². The number of anilines is 1. The van der Waals surface area contributed by atoms with Crippen LogP contribution in [0.4, 0.5) is 5.82 Å². The average molecular weight is 257 g/mol. The Hall–Kier alpha value is -1.18. The zero-order valence-corrected chi connectivity index (χ0v) is 10.3. The van der Waals surface area contributed by atoms with Crippen molar-refractivity contribution >= 4 is 15.8 Å². The molecule has 0 saturated carbocycles. The summed E-state index contributed by atoms with van der Waals surface area (Å²) < 4.78 is 31.9. The SMILES string of the molecule is CC1OCCC1NS(=O)(=O)c1ccc(N)nc1. The molecule has 2 rings (SSSR count). The number of hydrogen-bond acceptors (Lipinski definition) is 5. The minimum Gasteiger partial charge on any atom is -0.384 e. The van der Waals surface area contributed by atoms with Crippen LogP contribution >= 0.6 is 0 Å². The molecule has 6 nitrogen and oxygen atoms in total. The average Bonchev–Trinajstić information content (AvgIpc) is 2.64. The molecule has 0 aromatic carbocycles. The number of nitrogens with zero attached hydrogens (tertiary/aromatic N) is 1. The minimum atomic E-state index is -3.54. The molecular weight excluding hydrogens is 242 g/mol. The van der Waals surface area contributed by atoms with Gasteiger partial charge in [-0.2, -0.15) is 0 Å². The van der Waals surface area contributed by atoms with Gasteiger partial charge in [0.25, 0.3) is 0 Å². The van der Waals surface area contributed by atoms with E-state index < -0.39 is 10.0 Å². The number of aromatic nitrogens is 1. The van der Waals surface area contributed by atoms with E-state index in [0.717, 1.165) is 0 Å². The molecule has 2 atom stereocenters. The lowest BCUT2D eigenvalue weighted by atomic mass is 10.2. The van der Waals surface area contributed by atoms with E-state index in [4.69, 9.17) is 10.5 Å². The summed E-state index contributed by atoms with van der Waals surface area (Å²) in [7, 11) is -3.54. The van der Waals surface area contributed by atoms with E-state index in [1.807, 2.05) is 6.92 Å². The van der Waals surface area contributed by atoms with E-state index in [9.17, 15) is 8.42 Å². The number of hydrogen-bond donors (Lipinski definition) is 2. The first-order valence-electron chi connectivity index (χ1n) is 5.34. The van der Waals surface area contributed by atoms with E-state index >= 15 is 0 Å². The van der Waals surface area contributed by atoms with Gasteiger partial charge >= 0.3 is 0 Å². The largest absolute Gasteiger partial charge is 0.384 e. The highest BCUT2D eigenvalue weighted by atomic mass is 32.2. The monoisotopic (exact) mass is 257 g/mol. The van der Waals surface area contributed by atoms with Crippen LogP contribution in [0.15, 0.2) is 23.2 Å². The summed E-state index contributed by atoms with van der Waals surface area (Å²) >= 11 is 0. The van der Waals surface area contributed by atoms with Gasteiger partial charge in [-0.25, -0.2) is 18.1 Å². The molecule has 1 aromatic heterocycles. The van der Waals surface area contributed by atoms with Crippen molar-refractivity contribution in [1.82, 2.24) is 9.71 Å². The maximum atomic E-state index is 12.0. The van der Waals surface area contributed by atoms with Crippen molar-refractivity contribution in [2.24, 2.45) is 0 Å². The fourth-order valence-corrected chi connectivity index (χ4v) is 2.99. The lowest BCUT2D eigenvalue weighted by Crippen LogP contribution is -2.39. The third kappa shape index (κ3) is 2.74. The van der Waals surface area contributed by atoms with Crippen LogP contribution in [-0.2, 0) is 14.8 Å². The first-order chi connectivity index (χ1) is 7.99. The molecular formula is C10H15N3O3S. The Kier molecular flexibility index (Phi) is 3.32. The van der Waals surface area contributed by atoms with E-state index in [-0.39, 0.29) is 17.0 Å². The number of nitrogens with one attached hydrogen (secondary N) is 1. The highest BCUT2D eigenvalue weighted by Gasteiger charge is 2.29. The van der Waals surface area contributed by atoms with Crippen molar-refractivity contribution in [2.75, 3.05) is 12.3 Å². The van der Waals surface area contributed by atoms with Gasteiger partial charge in [0.15, 0.2) is 0 Å². The molecule has 3 N–H and O–H groups in total. The molecule has 7 heteroatoms. The Bertz CT molecular complexity index is 486. The lowest BCUT2D eigenvalue weighted by Gasteiger charge is -2.15. The summed E-state index contributed by atoms with van der Waals surface area (Å²) in [6.45, 7) is 2.43. The lowest BCUT2D eigenvalue weighted by molar-refractivity contribution is 0.117. The second-order valence-corrected chi connectivity index (χ2v) is 5.73. The zero-order chi connectivity index (χ0) is 12.5. The van der Waals surface area contributed by atoms with Crippen molar-refractivity contribution in [2.45, 2.75) is 30.4 Å². The number of sulfonamides is 1. The first-order valence-corrected chi connectivity index (χ1v) is 6.83. The summed E-state index contributed by atoms with van der Waals surface area (Å²) in [5.74, 6) is 0.293. The van der Waals surface area contributed by atoms with Gasteiger partial charge in [-0.05, 0) is 25.5 Å². The van der Waals surface area contributed by atoms with E-state index in [1.165, 1.54) is 18.3 Å². The molecule has 0 spiro atoms. The first kappa shape index (κ1) is 12.3. The normalized spacial score (nSPS) is 25.0. The van der Waals surface area contributed by atoms with Crippen LogP contribution in [-0.4, -0.2) is 32.2 Å². The zero-order valence-electron chi connectivity index (χ0n) is 9.46. The highest BCUT2D eigenvalue weighted by Crippen LogP contribution is 2.16. The van der Waals surface area contributed by atoms with Crippen molar-refractivity contribution < 1.29 is 13.2 Å². The smallest absolute Gasteiger partial charge is 0.242 e. The molecule has 0 aliphatic carbocycles. The van der Waals surface area contributed by atoms with Gasteiger partial charge in [0.2, 0.25) is 10.0 Å². The summed E-state index contributed by atoms with van der Waals surface area (Å²) in [5.41, 5.74) is 5.41. The molecule has 94 valence electrons. The highest BCUT2D eigenvalue weighted by molar-refractivity contribution is 7.89. The molecule has 0 amide bonds. The van der Waals surface area contributed by atoms with E-state index in [1.54, 1.807) is 0 Å². The molecule has 2 heterocycles. The summed E-state index contributed by atoms with van der Waals surface area (Å²) in [6, 6.07) is 2.71. The third-order valence-corrected chi connectivity index (χ3v) is 4.23. The minimum absolute atomic E-state index is 0.105. The molecule has 1 saturated heterocycles. The van der Waals surface area contributed by atoms with E-state index in [0.29, 0.717) is 18.8 Å². The van der Waals surface area contributed by atoms with Crippen LogP contribution in [0.25, 0.3) is 0 Å². The fraction of sp³-hybridized carbons (Fsp3) is 0.500. The molecule has 0 bridgehead atoms. The van der Waals surface area contributed by atoms with Crippen LogP contribution in [0.1, 0.15) is 13.3 Å². The Morgan fingerprint density at radius 1 is 1.53 bits per heavy atom. The Labute approximate surface area is 100 Å². The Morgan fingerprint density at radius 3 is 2.82 bits per heavy atom. The topological polar surface area (TPSA) is 94.3 Å². The van der Waals surface area contributed by atoms with Crippen LogP contribution < -0.4 is 10.5 Å². The van der Waals surface area contributed by atoms with Gasteiger partial charge in [0.1, 0.15) is 10.7 Å². The predicted molar refractivity (Wildman–Crippen MR) is 62.8 cm³/mol. The van der Waals surface area contributed by atoms with Gasteiger partial charge in [-0.15, -0.1) is 0 Å².